The van der Waals surface area contributed by atoms with Crippen LogP contribution in [0.1, 0.15) is 20.8 Å². The number of rotatable bonds is 1. The Morgan fingerprint density at radius 3 is 2.40 bits per heavy atom. The van der Waals surface area contributed by atoms with Gasteiger partial charge >= 0.3 is 0 Å². The second-order valence-corrected chi connectivity index (χ2v) is 3.25. The molecule has 0 aromatic heterocycles. The Bertz CT molecular complexity index is 149. The molecule has 0 spiro atoms. The van der Waals surface area contributed by atoms with Gasteiger partial charge in [0.1, 0.15) is 6.17 Å². The van der Waals surface area contributed by atoms with E-state index in [9.17, 15) is 0 Å². The van der Waals surface area contributed by atoms with Crippen LogP contribution in [0.15, 0.2) is 11.9 Å². The van der Waals surface area contributed by atoms with E-state index in [1.165, 1.54) is 5.70 Å². The fourth-order valence-corrected chi connectivity index (χ4v) is 1.28. The molecule has 58 valence electrons. The number of nitrogens with zero attached hydrogens (tertiary/aromatic N) is 1. The lowest BCUT2D eigenvalue weighted by Gasteiger charge is -2.26. The van der Waals surface area contributed by atoms with Crippen molar-refractivity contribution < 1.29 is 0 Å². The summed E-state index contributed by atoms with van der Waals surface area (Å²) in [4.78, 5) is 2.27. The largest absolute Gasteiger partial charge is 0.370 e. The summed E-state index contributed by atoms with van der Waals surface area (Å²) in [7, 11) is 2.12. The summed E-state index contributed by atoms with van der Waals surface area (Å²) in [5.41, 5.74) is 1.32. The van der Waals surface area contributed by atoms with Crippen molar-refractivity contribution in [3.63, 3.8) is 0 Å². The monoisotopic (exact) mass is 140 g/mol. The van der Waals surface area contributed by atoms with Crippen LogP contribution in [0.25, 0.3) is 0 Å². The summed E-state index contributed by atoms with van der Waals surface area (Å²) in [5, 5.41) is 3.32. The van der Waals surface area contributed by atoms with Gasteiger partial charge in [-0.2, -0.15) is 0 Å². The lowest BCUT2D eigenvalue weighted by atomic mass is 10.1. The molecule has 0 radical (unpaired) electrons. The van der Waals surface area contributed by atoms with E-state index in [0.717, 1.165) is 0 Å². The van der Waals surface area contributed by atoms with Crippen LogP contribution in [0.2, 0.25) is 0 Å². The van der Waals surface area contributed by atoms with Gasteiger partial charge < -0.3 is 10.2 Å². The second kappa shape index (κ2) is 2.52. The third-order valence-corrected chi connectivity index (χ3v) is 2.07. The lowest BCUT2D eigenvalue weighted by molar-refractivity contribution is 0.244. The third-order valence-electron chi connectivity index (χ3n) is 2.07. The smallest absolute Gasteiger partial charge is 0.100 e. The molecule has 1 unspecified atom stereocenters. The van der Waals surface area contributed by atoms with Crippen LogP contribution in [-0.4, -0.2) is 18.1 Å². The fraction of sp³-hybridized carbons (Fsp3) is 0.750. The molecule has 1 aliphatic rings. The Balaban J connectivity index is 2.56. The Hall–Kier alpha value is -0.660. The molecule has 2 heteroatoms. The molecule has 1 rings (SSSR count). The van der Waals surface area contributed by atoms with Crippen LogP contribution in [-0.2, 0) is 0 Å². The van der Waals surface area contributed by atoms with Crippen LogP contribution in [0.4, 0.5) is 0 Å². The first-order valence-corrected chi connectivity index (χ1v) is 3.78. The van der Waals surface area contributed by atoms with Crippen molar-refractivity contribution in [1.82, 2.24) is 10.2 Å². The fourth-order valence-electron chi connectivity index (χ4n) is 1.28. The highest BCUT2D eigenvalue weighted by Gasteiger charge is 2.21. The minimum absolute atomic E-state index is 0.500. The van der Waals surface area contributed by atoms with E-state index < -0.39 is 0 Å². The number of hydrogen-bond acceptors (Lipinski definition) is 2. The first-order chi connectivity index (χ1) is 4.63. The molecular formula is C8H16N2. The summed E-state index contributed by atoms with van der Waals surface area (Å²) in [5.74, 6) is 0.665. The quantitative estimate of drug-likeness (QED) is 0.591. The average molecular weight is 140 g/mol. The van der Waals surface area contributed by atoms with E-state index in [1.807, 2.05) is 0 Å². The van der Waals surface area contributed by atoms with Gasteiger partial charge in [0.25, 0.3) is 0 Å². The predicted octanol–water partition coefficient (Wildman–Crippen LogP) is 1.36. The Labute approximate surface area is 62.9 Å². The number of allylic oxidation sites excluding steroid dienone is 1. The van der Waals surface area contributed by atoms with E-state index in [2.05, 4.69) is 44.2 Å². The maximum atomic E-state index is 3.32. The minimum atomic E-state index is 0.500. The topological polar surface area (TPSA) is 15.3 Å². The molecule has 0 saturated heterocycles. The van der Waals surface area contributed by atoms with Gasteiger partial charge in [-0.1, -0.05) is 13.8 Å². The van der Waals surface area contributed by atoms with Gasteiger partial charge in [-0.25, -0.2) is 0 Å². The Kier molecular flexibility index (Phi) is 1.88. The number of hydrogen-bond donors (Lipinski definition) is 1. The highest BCUT2D eigenvalue weighted by Crippen LogP contribution is 2.16. The van der Waals surface area contributed by atoms with Gasteiger partial charge in [0, 0.05) is 18.9 Å². The molecule has 0 aliphatic carbocycles. The van der Waals surface area contributed by atoms with Crippen molar-refractivity contribution in [2.75, 3.05) is 7.05 Å². The second-order valence-electron chi connectivity index (χ2n) is 3.25. The van der Waals surface area contributed by atoms with Gasteiger partial charge in [-0.15, -0.1) is 0 Å². The van der Waals surface area contributed by atoms with Crippen LogP contribution in [0, 0.1) is 5.92 Å². The van der Waals surface area contributed by atoms with Crippen molar-refractivity contribution >= 4 is 0 Å². The first kappa shape index (κ1) is 7.45. The molecule has 0 bridgehead atoms. The molecule has 0 aromatic rings. The molecule has 1 aliphatic heterocycles. The SMILES string of the molecule is CC1=CNC(C(C)C)N1C. The summed E-state index contributed by atoms with van der Waals surface area (Å²) < 4.78 is 0. The summed E-state index contributed by atoms with van der Waals surface area (Å²) in [6, 6.07) is 0. The Morgan fingerprint density at radius 1 is 1.60 bits per heavy atom. The van der Waals surface area contributed by atoms with Gasteiger partial charge in [-0.05, 0) is 12.8 Å². The van der Waals surface area contributed by atoms with Gasteiger partial charge in [-0.3, -0.25) is 0 Å². The molecule has 2 nitrogen and oxygen atoms in total. The molecule has 1 N–H and O–H groups in total. The zero-order valence-corrected chi connectivity index (χ0v) is 7.18. The van der Waals surface area contributed by atoms with Crippen molar-refractivity contribution in [2.45, 2.75) is 26.9 Å². The van der Waals surface area contributed by atoms with E-state index in [0.29, 0.717) is 12.1 Å². The normalized spacial score (nSPS) is 25.1. The predicted molar refractivity (Wildman–Crippen MR) is 43.3 cm³/mol. The maximum absolute atomic E-state index is 3.32. The molecule has 10 heavy (non-hydrogen) atoms. The molecule has 0 fully saturated rings. The summed E-state index contributed by atoms with van der Waals surface area (Å²) in [6.07, 6.45) is 2.57. The van der Waals surface area contributed by atoms with Gasteiger partial charge in [0.05, 0.1) is 0 Å². The molecule has 1 heterocycles. The highest BCUT2D eigenvalue weighted by molar-refractivity contribution is 5.04. The van der Waals surface area contributed by atoms with E-state index in [4.69, 9.17) is 0 Å². The summed E-state index contributed by atoms with van der Waals surface area (Å²) >= 11 is 0. The zero-order chi connectivity index (χ0) is 7.72. The first-order valence-electron chi connectivity index (χ1n) is 3.78. The van der Waals surface area contributed by atoms with E-state index in [1.54, 1.807) is 0 Å². The minimum Gasteiger partial charge on any atom is -0.370 e. The van der Waals surface area contributed by atoms with Crippen molar-refractivity contribution in [3.05, 3.63) is 11.9 Å². The highest BCUT2D eigenvalue weighted by atomic mass is 15.3. The number of nitrogens with one attached hydrogen (secondary N) is 1. The van der Waals surface area contributed by atoms with E-state index in [-0.39, 0.29) is 0 Å². The molecule has 0 aromatic carbocycles. The third kappa shape index (κ3) is 1.11. The van der Waals surface area contributed by atoms with Crippen LogP contribution < -0.4 is 5.32 Å². The molecule has 0 amide bonds. The van der Waals surface area contributed by atoms with Crippen LogP contribution in [0.3, 0.4) is 0 Å². The standard InChI is InChI=1S/C8H16N2/c1-6(2)8-9-5-7(3)10(8)4/h5-6,8-9H,1-4H3. The van der Waals surface area contributed by atoms with Crippen LogP contribution >= 0.6 is 0 Å². The zero-order valence-electron chi connectivity index (χ0n) is 7.18. The lowest BCUT2D eigenvalue weighted by Crippen LogP contribution is -2.38. The van der Waals surface area contributed by atoms with Crippen LogP contribution in [0.5, 0.6) is 0 Å². The van der Waals surface area contributed by atoms with Gasteiger partial charge in [0.15, 0.2) is 0 Å². The van der Waals surface area contributed by atoms with Crippen molar-refractivity contribution in [2.24, 2.45) is 5.92 Å². The maximum Gasteiger partial charge on any atom is 0.100 e. The molecule has 1 atom stereocenters. The van der Waals surface area contributed by atoms with Crippen molar-refractivity contribution in [1.29, 1.82) is 0 Å². The van der Waals surface area contributed by atoms with Gasteiger partial charge in [0.2, 0.25) is 0 Å². The summed E-state index contributed by atoms with van der Waals surface area (Å²) in [6.45, 7) is 6.57. The Morgan fingerprint density at radius 2 is 2.20 bits per heavy atom. The average Bonchev–Trinajstić information content (AvgIpc) is 2.14. The van der Waals surface area contributed by atoms with Crippen molar-refractivity contribution in [3.8, 4) is 0 Å². The molecular weight excluding hydrogens is 124 g/mol. The molecule has 0 saturated carbocycles. The van der Waals surface area contributed by atoms with E-state index >= 15 is 0 Å².